The molecule has 0 unspecified atom stereocenters. The number of nitrogens with one attached hydrogen (secondary N) is 1. The van der Waals surface area contributed by atoms with Crippen molar-refractivity contribution in [3.63, 3.8) is 0 Å². The van der Waals surface area contributed by atoms with E-state index in [-0.39, 0.29) is 19.1 Å². The molecule has 0 spiro atoms. The lowest BCUT2D eigenvalue weighted by molar-refractivity contribution is -0.137. The summed E-state index contributed by atoms with van der Waals surface area (Å²) in [4.78, 5) is 12.0. The maximum atomic E-state index is 12.8. The maximum Gasteiger partial charge on any atom is 0.416 e. The summed E-state index contributed by atoms with van der Waals surface area (Å²) in [5, 5.41) is 6.56. The van der Waals surface area contributed by atoms with Crippen molar-refractivity contribution in [2.45, 2.75) is 18.8 Å². The van der Waals surface area contributed by atoms with E-state index in [9.17, 15) is 18.0 Å². The van der Waals surface area contributed by atoms with Crippen LogP contribution >= 0.6 is 0 Å². The average Bonchev–Trinajstić information content (AvgIpc) is 2.99. The van der Waals surface area contributed by atoms with Gasteiger partial charge in [-0.05, 0) is 23.8 Å². The Morgan fingerprint density at radius 2 is 2.17 bits per heavy atom. The minimum Gasteiger partial charge on any atom is -0.382 e. The van der Waals surface area contributed by atoms with Crippen LogP contribution in [0.15, 0.2) is 42.7 Å². The first-order chi connectivity index (χ1) is 10.9. The standard InChI is InChI=1S/C15H16F3N3O2/c1-23-10-13(20-14(22)9-21-7-3-6-19-21)11-4-2-5-12(8-11)15(16,17)18/h2-8,13H,9-10H2,1H3,(H,20,22)/t13-/m1/s1. The third-order valence-electron chi connectivity index (χ3n) is 3.15. The zero-order valence-corrected chi connectivity index (χ0v) is 12.4. The highest BCUT2D eigenvalue weighted by Crippen LogP contribution is 2.30. The van der Waals surface area contributed by atoms with E-state index in [0.29, 0.717) is 5.56 Å². The molecule has 0 aliphatic heterocycles. The molecule has 1 aromatic heterocycles. The van der Waals surface area contributed by atoms with Crippen LogP contribution in [0.25, 0.3) is 0 Å². The lowest BCUT2D eigenvalue weighted by Gasteiger charge is -2.19. The maximum absolute atomic E-state index is 12.8. The Balaban J connectivity index is 2.13. The number of benzene rings is 1. The molecule has 0 saturated carbocycles. The summed E-state index contributed by atoms with van der Waals surface area (Å²) in [5.41, 5.74) is -0.437. The van der Waals surface area contributed by atoms with Gasteiger partial charge in [-0.15, -0.1) is 0 Å². The average molecular weight is 327 g/mol. The number of rotatable bonds is 6. The van der Waals surface area contributed by atoms with Gasteiger partial charge in [0.25, 0.3) is 0 Å². The topological polar surface area (TPSA) is 56.1 Å². The van der Waals surface area contributed by atoms with Gasteiger partial charge < -0.3 is 10.1 Å². The molecule has 2 rings (SSSR count). The van der Waals surface area contributed by atoms with E-state index in [1.807, 2.05) is 0 Å². The number of carbonyl (C=O) groups excluding carboxylic acids is 1. The van der Waals surface area contributed by atoms with Gasteiger partial charge in [0.05, 0.1) is 18.2 Å². The second kappa shape index (κ2) is 7.28. The van der Waals surface area contributed by atoms with E-state index in [4.69, 9.17) is 4.74 Å². The summed E-state index contributed by atoms with van der Waals surface area (Å²) in [6, 6.07) is 5.82. The van der Waals surface area contributed by atoms with Crippen molar-refractivity contribution >= 4 is 5.91 Å². The van der Waals surface area contributed by atoms with Crippen molar-refractivity contribution < 1.29 is 22.7 Å². The van der Waals surface area contributed by atoms with Crippen molar-refractivity contribution in [1.29, 1.82) is 0 Å². The van der Waals surface area contributed by atoms with E-state index in [2.05, 4.69) is 10.4 Å². The van der Waals surface area contributed by atoms with Crippen LogP contribution in [-0.2, 0) is 22.3 Å². The molecule has 2 aromatic rings. The van der Waals surface area contributed by atoms with Crippen LogP contribution in [0.1, 0.15) is 17.2 Å². The van der Waals surface area contributed by atoms with Gasteiger partial charge in [-0.25, -0.2) is 0 Å². The van der Waals surface area contributed by atoms with Gasteiger partial charge in [-0.2, -0.15) is 18.3 Å². The molecule has 124 valence electrons. The second-order valence-electron chi connectivity index (χ2n) is 4.90. The lowest BCUT2D eigenvalue weighted by atomic mass is 10.0. The van der Waals surface area contributed by atoms with Crippen molar-refractivity contribution in [3.05, 3.63) is 53.9 Å². The monoisotopic (exact) mass is 327 g/mol. The molecule has 0 bridgehead atoms. The van der Waals surface area contributed by atoms with Crippen LogP contribution in [0, 0.1) is 0 Å². The Hall–Kier alpha value is -2.35. The lowest BCUT2D eigenvalue weighted by Crippen LogP contribution is -2.34. The highest BCUT2D eigenvalue weighted by molar-refractivity contribution is 5.76. The smallest absolute Gasteiger partial charge is 0.382 e. The van der Waals surface area contributed by atoms with Crippen LogP contribution in [-0.4, -0.2) is 29.4 Å². The zero-order chi connectivity index (χ0) is 16.9. The quantitative estimate of drug-likeness (QED) is 0.886. The summed E-state index contributed by atoms with van der Waals surface area (Å²) in [6.45, 7) is 0.0400. The minimum atomic E-state index is -4.44. The molecule has 23 heavy (non-hydrogen) atoms. The van der Waals surface area contributed by atoms with Crippen LogP contribution in [0.4, 0.5) is 13.2 Å². The SMILES string of the molecule is COC[C@@H](NC(=O)Cn1cccn1)c1cccc(C(F)(F)F)c1. The number of nitrogens with zero attached hydrogens (tertiary/aromatic N) is 2. The molecular weight excluding hydrogens is 311 g/mol. The third kappa shape index (κ3) is 4.82. The second-order valence-corrected chi connectivity index (χ2v) is 4.90. The highest BCUT2D eigenvalue weighted by Gasteiger charge is 2.31. The van der Waals surface area contributed by atoms with Crippen LogP contribution in [0.5, 0.6) is 0 Å². The number of ether oxygens (including phenoxy) is 1. The largest absolute Gasteiger partial charge is 0.416 e. The number of methoxy groups -OCH3 is 1. The first-order valence-corrected chi connectivity index (χ1v) is 6.83. The Kier molecular flexibility index (Phi) is 5.38. The van der Waals surface area contributed by atoms with Crippen molar-refractivity contribution in [1.82, 2.24) is 15.1 Å². The Bertz CT molecular complexity index is 642. The van der Waals surface area contributed by atoms with E-state index in [1.165, 1.54) is 30.1 Å². The first kappa shape index (κ1) is 17.0. The number of halogens is 3. The van der Waals surface area contributed by atoms with E-state index >= 15 is 0 Å². The van der Waals surface area contributed by atoms with Gasteiger partial charge >= 0.3 is 6.18 Å². The molecule has 0 fully saturated rings. The highest BCUT2D eigenvalue weighted by atomic mass is 19.4. The normalized spacial score (nSPS) is 12.9. The van der Waals surface area contributed by atoms with Crippen LogP contribution in [0.3, 0.4) is 0 Å². The van der Waals surface area contributed by atoms with Crippen LogP contribution < -0.4 is 5.32 Å². The first-order valence-electron chi connectivity index (χ1n) is 6.83. The molecule has 5 nitrogen and oxygen atoms in total. The molecule has 0 radical (unpaired) electrons. The van der Waals surface area contributed by atoms with Crippen molar-refractivity contribution in [2.75, 3.05) is 13.7 Å². The summed E-state index contributed by atoms with van der Waals surface area (Å²) < 4.78 is 44.8. The van der Waals surface area contributed by atoms with Crippen molar-refractivity contribution in [3.8, 4) is 0 Å². The van der Waals surface area contributed by atoms with Crippen LogP contribution in [0.2, 0.25) is 0 Å². The number of carbonyl (C=O) groups is 1. The Labute approximate surface area is 131 Å². The Morgan fingerprint density at radius 3 is 2.78 bits per heavy atom. The molecule has 1 aromatic carbocycles. The molecule has 0 aliphatic rings. The molecule has 8 heteroatoms. The fourth-order valence-electron chi connectivity index (χ4n) is 2.10. The molecule has 1 N–H and O–H groups in total. The molecule has 1 atom stereocenters. The predicted octanol–water partition coefficient (Wildman–Crippen LogP) is 2.41. The summed E-state index contributed by atoms with van der Waals surface area (Å²) in [5.74, 6) is -0.367. The number of hydrogen-bond acceptors (Lipinski definition) is 3. The van der Waals surface area contributed by atoms with E-state index < -0.39 is 17.8 Å². The molecule has 0 aliphatic carbocycles. The molecule has 0 saturated heterocycles. The summed E-state index contributed by atoms with van der Waals surface area (Å²) in [7, 11) is 1.42. The number of amides is 1. The van der Waals surface area contributed by atoms with Gasteiger partial charge in [0.1, 0.15) is 6.54 Å². The molecular formula is C15H16F3N3O2. The van der Waals surface area contributed by atoms with Gasteiger partial charge in [0.2, 0.25) is 5.91 Å². The number of aromatic nitrogens is 2. The van der Waals surface area contributed by atoms with Gasteiger partial charge in [-0.1, -0.05) is 12.1 Å². The zero-order valence-electron chi connectivity index (χ0n) is 12.4. The van der Waals surface area contributed by atoms with Crippen molar-refractivity contribution in [2.24, 2.45) is 0 Å². The third-order valence-corrected chi connectivity index (χ3v) is 3.15. The summed E-state index contributed by atoms with van der Waals surface area (Å²) in [6.07, 6.45) is -1.28. The fourth-order valence-corrected chi connectivity index (χ4v) is 2.10. The summed E-state index contributed by atoms with van der Waals surface area (Å²) >= 11 is 0. The van der Waals surface area contributed by atoms with Gasteiger partial charge in [-0.3, -0.25) is 9.48 Å². The molecule has 1 amide bonds. The van der Waals surface area contributed by atoms with Gasteiger partial charge in [0.15, 0.2) is 0 Å². The Morgan fingerprint density at radius 1 is 1.39 bits per heavy atom. The van der Waals surface area contributed by atoms with Gasteiger partial charge in [0, 0.05) is 19.5 Å². The van der Waals surface area contributed by atoms with E-state index in [1.54, 1.807) is 12.3 Å². The number of alkyl halides is 3. The molecule has 1 heterocycles. The minimum absolute atomic E-state index is 0.0217. The van der Waals surface area contributed by atoms with E-state index in [0.717, 1.165) is 12.1 Å². The predicted molar refractivity (Wildman–Crippen MR) is 76.4 cm³/mol. The fraction of sp³-hybridized carbons (Fsp3) is 0.333. The number of hydrogen-bond donors (Lipinski definition) is 1.